The van der Waals surface area contributed by atoms with E-state index < -0.39 is 0 Å². The molecule has 2 aromatic carbocycles. The van der Waals surface area contributed by atoms with E-state index in [2.05, 4.69) is 12.2 Å². The van der Waals surface area contributed by atoms with E-state index in [1.54, 1.807) is 0 Å². The van der Waals surface area contributed by atoms with Gasteiger partial charge in [0.15, 0.2) is 18.1 Å². The van der Waals surface area contributed by atoms with Crippen molar-refractivity contribution in [3.05, 3.63) is 53.6 Å². The van der Waals surface area contributed by atoms with Crippen molar-refractivity contribution in [3.63, 3.8) is 0 Å². The molecule has 1 N–H and O–H groups in total. The van der Waals surface area contributed by atoms with E-state index >= 15 is 0 Å². The first kappa shape index (κ1) is 16.4. The highest BCUT2D eigenvalue weighted by Gasteiger charge is 2.32. The van der Waals surface area contributed by atoms with Crippen LogP contribution in [0.15, 0.2) is 42.5 Å². The van der Waals surface area contributed by atoms with Crippen molar-refractivity contribution in [2.24, 2.45) is 0 Å². The summed E-state index contributed by atoms with van der Waals surface area (Å²) in [6.45, 7) is 6.14. The summed E-state index contributed by atoms with van der Waals surface area (Å²) in [5, 5.41) is 2.84. The number of fused-ring (bicyclic) bond motifs is 1. The highest BCUT2D eigenvalue weighted by Crippen LogP contribution is 2.41. The van der Waals surface area contributed by atoms with E-state index in [-0.39, 0.29) is 18.1 Å². The van der Waals surface area contributed by atoms with Crippen LogP contribution >= 0.6 is 0 Å². The number of hydrogen-bond acceptors (Lipinski definition) is 3. The molecule has 0 fully saturated rings. The monoisotopic (exact) mass is 325 g/mol. The predicted octanol–water partition coefficient (Wildman–Crippen LogP) is 3.98. The third kappa shape index (κ3) is 3.70. The SMILES string of the molecule is CCc1ccc(NC(=O)COc2cccc3c2OC(C)(C)C3)cc1. The van der Waals surface area contributed by atoms with Crippen LogP contribution in [0, 0.1) is 0 Å². The van der Waals surface area contributed by atoms with E-state index in [0.717, 1.165) is 29.8 Å². The average Bonchev–Trinajstić information content (AvgIpc) is 2.88. The van der Waals surface area contributed by atoms with Gasteiger partial charge in [-0.3, -0.25) is 4.79 Å². The number of anilines is 1. The van der Waals surface area contributed by atoms with Crippen molar-refractivity contribution in [2.75, 3.05) is 11.9 Å². The number of carbonyl (C=O) groups is 1. The Morgan fingerprint density at radius 2 is 1.96 bits per heavy atom. The summed E-state index contributed by atoms with van der Waals surface area (Å²) in [5.74, 6) is 1.19. The molecule has 4 heteroatoms. The van der Waals surface area contributed by atoms with Crippen LogP contribution in [0.4, 0.5) is 5.69 Å². The van der Waals surface area contributed by atoms with Gasteiger partial charge in [0.25, 0.3) is 5.91 Å². The summed E-state index contributed by atoms with van der Waals surface area (Å²) in [5.41, 5.74) is 2.90. The Kier molecular flexibility index (Phi) is 4.47. The molecular weight excluding hydrogens is 302 g/mol. The Morgan fingerprint density at radius 3 is 2.67 bits per heavy atom. The molecule has 0 atom stereocenters. The number of ether oxygens (including phenoxy) is 2. The number of para-hydroxylation sites is 1. The molecule has 0 bridgehead atoms. The molecule has 0 saturated heterocycles. The summed E-state index contributed by atoms with van der Waals surface area (Å²) >= 11 is 0. The van der Waals surface area contributed by atoms with E-state index in [0.29, 0.717) is 5.75 Å². The zero-order valence-corrected chi connectivity index (χ0v) is 14.4. The van der Waals surface area contributed by atoms with E-state index in [9.17, 15) is 4.79 Å². The van der Waals surface area contributed by atoms with Gasteiger partial charge in [0.05, 0.1) is 0 Å². The van der Waals surface area contributed by atoms with E-state index in [1.807, 2.05) is 56.3 Å². The fourth-order valence-corrected chi connectivity index (χ4v) is 2.87. The average molecular weight is 325 g/mol. The molecule has 0 saturated carbocycles. The zero-order valence-electron chi connectivity index (χ0n) is 14.4. The molecule has 3 rings (SSSR count). The van der Waals surface area contributed by atoms with Crippen molar-refractivity contribution < 1.29 is 14.3 Å². The van der Waals surface area contributed by atoms with Gasteiger partial charge in [-0.05, 0) is 44.0 Å². The van der Waals surface area contributed by atoms with Crippen molar-refractivity contribution in [1.82, 2.24) is 0 Å². The van der Waals surface area contributed by atoms with Gasteiger partial charge in [0.1, 0.15) is 5.60 Å². The number of benzene rings is 2. The van der Waals surface area contributed by atoms with Gasteiger partial charge >= 0.3 is 0 Å². The number of rotatable bonds is 5. The number of carbonyl (C=O) groups excluding carboxylic acids is 1. The van der Waals surface area contributed by atoms with Crippen LogP contribution < -0.4 is 14.8 Å². The topological polar surface area (TPSA) is 47.6 Å². The Balaban J connectivity index is 1.60. The lowest BCUT2D eigenvalue weighted by atomic mass is 10.0. The third-order valence-electron chi connectivity index (χ3n) is 4.06. The summed E-state index contributed by atoms with van der Waals surface area (Å²) in [6, 6.07) is 13.6. The minimum absolute atomic E-state index is 0.0459. The Labute approximate surface area is 142 Å². The summed E-state index contributed by atoms with van der Waals surface area (Å²) in [7, 11) is 0. The van der Waals surface area contributed by atoms with Gasteiger partial charge in [-0.1, -0.05) is 31.2 Å². The Morgan fingerprint density at radius 1 is 1.21 bits per heavy atom. The van der Waals surface area contributed by atoms with E-state index in [4.69, 9.17) is 9.47 Å². The fraction of sp³-hybridized carbons (Fsp3) is 0.350. The molecule has 2 aromatic rings. The second-order valence-electron chi connectivity index (χ2n) is 6.67. The van der Waals surface area contributed by atoms with Gasteiger partial charge in [-0.25, -0.2) is 0 Å². The third-order valence-corrected chi connectivity index (χ3v) is 4.06. The minimum atomic E-state index is -0.231. The second-order valence-corrected chi connectivity index (χ2v) is 6.67. The Hall–Kier alpha value is -2.49. The summed E-state index contributed by atoms with van der Waals surface area (Å²) < 4.78 is 11.6. The molecule has 0 spiro atoms. The quantitative estimate of drug-likeness (QED) is 0.904. The maximum atomic E-state index is 12.1. The molecule has 24 heavy (non-hydrogen) atoms. The van der Waals surface area contributed by atoms with E-state index in [1.165, 1.54) is 5.56 Å². The largest absolute Gasteiger partial charge is 0.483 e. The highest BCUT2D eigenvalue weighted by atomic mass is 16.5. The lowest BCUT2D eigenvalue weighted by Gasteiger charge is -2.18. The maximum absolute atomic E-state index is 12.1. The molecule has 4 nitrogen and oxygen atoms in total. The maximum Gasteiger partial charge on any atom is 0.262 e. The van der Waals surface area contributed by atoms with Crippen LogP contribution in [0.5, 0.6) is 11.5 Å². The van der Waals surface area contributed by atoms with Gasteiger partial charge in [-0.15, -0.1) is 0 Å². The molecule has 1 amide bonds. The van der Waals surface area contributed by atoms with Crippen molar-refractivity contribution >= 4 is 11.6 Å². The Bertz CT molecular complexity index is 735. The standard InChI is InChI=1S/C20H23NO3/c1-4-14-8-10-16(11-9-14)21-18(22)13-23-17-7-5-6-15-12-20(2,3)24-19(15)17/h5-11H,4,12-13H2,1-3H3,(H,21,22). The predicted molar refractivity (Wildman–Crippen MR) is 94.8 cm³/mol. The van der Waals surface area contributed by atoms with Crippen LogP contribution in [0.3, 0.4) is 0 Å². The number of hydrogen-bond donors (Lipinski definition) is 1. The molecule has 0 unspecified atom stereocenters. The second kappa shape index (κ2) is 6.56. The molecule has 1 aliphatic heterocycles. The molecule has 0 aliphatic carbocycles. The lowest BCUT2D eigenvalue weighted by Crippen LogP contribution is -2.25. The van der Waals surface area contributed by atoms with Gasteiger partial charge in [-0.2, -0.15) is 0 Å². The molecule has 0 aromatic heterocycles. The summed E-state index contributed by atoms with van der Waals surface area (Å²) in [6.07, 6.45) is 1.82. The number of aryl methyl sites for hydroxylation is 1. The first-order valence-electron chi connectivity index (χ1n) is 8.29. The van der Waals surface area contributed by atoms with Crippen LogP contribution in [-0.4, -0.2) is 18.1 Å². The van der Waals surface area contributed by atoms with Crippen LogP contribution in [0.2, 0.25) is 0 Å². The van der Waals surface area contributed by atoms with Crippen molar-refractivity contribution in [2.45, 2.75) is 39.2 Å². The van der Waals surface area contributed by atoms with Crippen molar-refractivity contribution in [3.8, 4) is 11.5 Å². The molecule has 1 heterocycles. The van der Waals surface area contributed by atoms with Gasteiger partial charge in [0, 0.05) is 17.7 Å². The lowest BCUT2D eigenvalue weighted by molar-refractivity contribution is -0.118. The number of nitrogens with one attached hydrogen (secondary N) is 1. The minimum Gasteiger partial charge on any atom is -0.483 e. The smallest absolute Gasteiger partial charge is 0.262 e. The fourth-order valence-electron chi connectivity index (χ4n) is 2.87. The molecule has 126 valence electrons. The van der Waals surface area contributed by atoms with Gasteiger partial charge < -0.3 is 14.8 Å². The first-order chi connectivity index (χ1) is 11.5. The number of amides is 1. The molecule has 0 radical (unpaired) electrons. The molecular formula is C20H23NO3. The van der Waals surface area contributed by atoms with Crippen LogP contribution in [-0.2, 0) is 17.6 Å². The van der Waals surface area contributed by atoms with Crippen molar-refractivity contribution in [1.29, 1.82) is 0 Å². The van der Waals surface area contributed by atoms with Gasteiger partial charge in [0.2, 0.25) is 0 Å². The summed E-state index contributed by atoms with van der Waals surface area (Å²) in [4.78, 5) is 12.1. The van der Waals surface area contributed by atoms with Crippen LogP contribution in [0.1, 0.15) is 31.9 Å². The normalized spacial score (nSPS) is 14.6. The van der Waals surface area contributed by atoms with Crippen LogP contribution in [0.25, 0.3) is 0 Å². The molecule has 1 aliphatic rings. The first-order valence-corrected chi connectivity index (χ1v) is 8.29. The highest BCUT2D eigenvalue weighted by molar-refractivity contribution is 5.91. The zero-order chi connectivity index (χ0) is 17.2.